The maximum atomic E-state index is 12.0. The van der Waals surface area contributed by atoms with E-state index in [0.717, 1.165) is 22.5 Å². The van der Waals surface area contributed by atoms with Crippen LogP contribution < -0.4 is 11.1 Å². The third-order valence-electron chi connectivity index (χ3n) is 2.76. The van der Waals surface area contributed by atoms with Gasteiger partial charge in [-0.15, -0.1) is 0 Å². The van der Waals surface area contributed by atoms with Crippen molar-refractivity contribution in [2.24, 2.45) is 5.73 Å². The fourth-order valence-corrected chi connectivity index (χ4v) is 1.95. The standard InChI is InChI=1S/C17H17N3O/c1-13-9-14(5-4-7-18)11-16(10-13)20-17(21)12-15-6-2-3-8-19-15/h2-3,6,8-11H,7,12,18H2,1H3,(H,20,21). The molecule has 3 N–H and O–H groups in total. The van der Waals surface area contributed by atoms with Crippen LogP contribution in [0.5, 0.6) is 0 Å². The van der Waals surface area contributed by atoms with Gasteiger partial charge in [0.1, 0.15) is 0 Å². The van der Waals surface area contributed by atoms with Crippen molar-refractivity contribution >= 4 is 11.6 Å². The summed E-state index contributed by atoms with van der Waals surface area (Å²) in [4.78, 5) is 16.2. The molecule has 4 nitrogen and oxygen atoms in total. The third kappa shape index (κ3) is 4.75. The summed E-state index contributed by atoms with van der Waals surface area (Å²) in [5.74, 6) is 5.68. The number of aromatic nitrogens is 1. The minimum absolute atomic E-state index is 0.1000. The van der Waals surface area contributed by atoms with Gasteiger partial charge in [-0.25, -0.2) is 0 Å². The van der Waals surface area contributed by atoms with Crippen molar-refractivity contribution in [3.8, 4) is 11.8 Å². The number of pyridine rings is 1. The number of hydrogen-bond acceptors (Lipinski definition) is 3. The molecule has 0 fully saturated rings. The van der Waals surface area contributed by atoms with Crippen LogP contribution in [0.1, 0.15) is 16.8 Å². The fourth-order valence-electron chi connectivity index (χ4n) is 1.95. The van der Waals surface area contributed by atoms with Crippen molar-refractivity contribution in [3.63, 3.8) is 0 Å². The van der Waals surface area contributed by atoms with Gasteiger partial charge in [-0.3, -0.25) is 9.78 Å². The Morgan fingerprint density at radius 2 is 2.19 bits per heavy atom. The van der Waals surface area contributed by atoms with Crippen LogP contribution in [0.25, 0.3) is 0 Å². The highest BCUT2D eigenvalue weighted by molar-refractivity contribution is 5.92. The highest BCUT2D eigenvalue weighted by Gasteiger charge is 2.05. The van der Waals surface area contributed by atoms with Crippen LogP contribution in [0.15, 0.2) is 42.6 Å². The summed E-state index contributed by atoms with van der Waals surface area (Å²) in [5, 5.41) is 2.87. The number of carbonyl (C=O) groups excluding carboxylic acids is 1. The van der Waals surface area contributed by atoms with Gasteiger partial charge in [0.2, 0.25) is 5.91 Å². The molecule has 2 rings (SSSR count). The Labute approximate surface area is 124 Å². The summed E-state index contributed by atoms with van der Waals surface area (Å²) >= 11 is 0. The average Bonchev–Trinajstić information content (AvgIpc) is 2.45. The zero-order valence-corrected chi connectivity index (χ0v) is 11.9. The van der Waals surface area contributed by atoms with E-state index in [2.05, 4.69) is 22.1 Å². The van der Waals surface area contributed by atoms with Crippen molar-refractivity contribution < 1.29 is 4.79 Å². The topological polar surface area (TPSA) is 68.0 Å². The zero-order valence-electron chi connectivity index (χ0n) is 11.9. The van der Waals surface area contributed by atoms with Crippen LogP contribution in [0.3, 0.4) is 0 Å². The quantitative estimate of drug-likeness (QED) is 0.843. The van der Waals surface area contributed by atoms with Crippen molar-refractivity contribution in [2.45, 2.75) is 13.3 Å². The van der Waals surface area contributed by atoms with Crippen molar-refractivity contribution in [1.82, 2.24) is 4.98 Å². The Bertz CT molecular complexity index is 684. The molecule has 0 saturated heterocycles. The fraction of sp³-hybridized carbons (Fsp3) is 0.176. The largest absolute Gasteiger partial charge is 0.326 e. The third-order valence-corrected chi connectivity index (χ3v) is 2.76. The van der Waals surface area contributed by atoms with Gasteiger partial charge in [0.15, 0.2) is 0 Å². The molecule has 21 heavy (non-hydrogen) atoms. The van der Waals surface area contributed by atoms with E-state index in [0.29, 0.717) is 6.54 Å². The Morgan fingerprint density at radius 1 is 1.33 bits per heavy atom. The number of hydrogen-bond donors (Lipinski definition) is 2. The Hall–Kier alpha value is -2.64. The summed E-state index contributed by atoms with van der Waals surface area (Å²) in [5.41, 5.74) is 8.72. The van der Waals surface area contributed by atoms with Crippen LogP contribution in [-0.2, 0) is 11.2 Å². The van der Waals surface area contributed by atoms with Gasteiger partial charge in [0.05, 0.1) is 13.0 Å². The molecule has 1 heterocycles. The summed E-state index contributed by atoms with van der Waals surface area (Å²) in [6.45, 7) is 2.28. The predicted molar refractivity (Wildman–Crippen MR) is 83.7 cm³/mol. The molecule has 0 bridgehead atoms. The van der Waals surface area contributed by atoms with Gasteiger partial charge in [0, 0.05) is 23.1 Å². The predicted octanol–water partition coefficient (Wildman–Crippen LogP) is 1.88. The molecule has 106 valence electrons. The van der Waals surface area contributed by atoms with E-state index < -0.39 is 0 Å². The maximum absolute atomic E-state index is 12.0. The summed E-state index contributed by atoms with van der Waals surface area (Å²) in [6.07, 6.45) is 1.92. The molecule has 4 heteroatoms. The Morgan fingerprint density at radius 3 is 2.90 bits per heavy atom. The molecular weight excluding hydrogens is 262 g/mol. The molecular formula is C17H17N3O. The van der Waals surface area contributed by atoms with E-state index in [4.69, 9.17) is 5.73 Å². The molecule has 0 radical (unpaired) electrons. The van der Waals surface area contributed by atoms with E-state index in [9.17, 15) is 4.79 Å². The second-order valence-corrected chi connectivity index (χ2v) is 4.64. The molecule has 0 aliphatic rings. The van der Waals surface area contributed by atoms with Gasteiger partial charge in [0.25, 0.3) is 0 Å². The zero-order chi connectivity index (χ0) is 15.1. The van der Waals surface area contributed by atoms with Gasteiger partial charge >= 0.3 is 0 Å². The molecule has 0 spiro atoms. The summed E-state index contributed by atoms with van der Waals surface area (Å²) < 4.78 is 0. The smallest absolute Gasteiger partial charge is 0.230 e. The first-order valence-corrected chi connectivity index (χ1v) is 6.68. The number of nitrogens with one attached hydrogen (secondary N) is 1. The highest BCUT2D eigenvalue weighted by Crippen LogP contribution is 2.14. The molecule has 0 unspecified atom stereocenters. The number of anilines is 1. The maximum Gasteiger partial charge on any atom is 0.230 e. The lowest BCUT2D eigenvalue weighted by Crippen LogP contribution is -2.15. The van der Waals surface area contributed by atoms with E-state index >= 15 is 0 Å². The van der Waals surface area contributed by atoms with E-state index in [1.54, 1.807) is 6.20 Å². The number of carbonyl (C=O) groups is 1. The molecule has 0 saturated carbocycles. The van der Waals surface area contributed by atoms with E-state index in [-0.39, 0.29) is 12.3 Å². The first kappa shape index (κ1) is 14.8. The lowest BCUT2D eigenvalue weighted by Gasteiger charge is -2.07. The summed E-state index contributed by atoms with van der Waals surface area (Å²) in [7, 11) is 0. The second kappa shape index (κ2) is 7.22. The van der Waals surface area contributed by atoms with Crippen molar-refractivity contribution in [1.29, 1.82) is 0 Å². The van der Waals surface area contributed by atoms with Gasteiger partial charge < -0.3 is 11.1 Å². The number of amides is 1. The average molecular weight is 279 g/mol. The van der Waals surface area contributed by atoms with E-state index in [1.807, 2.05) is 43.3 Å². The SMILES string of the molecule is Cc1cc(C#CCN)cc(NC(=O)Cc2ccccn2)c1. The molecule has 0 aliphatic heterocycles. The number of benzene rings is 1. The van der Waals surface area contributed by atoms with Crippen molar-refractivity contribution in [2.75, 3.05) is 11.9 Å². The molecule has 2 aromatic rings. The van der Waals surface area contributed by atoms with Gasteiger partial charge in [-0.2, -0.15) is 0 Å². The molecule has 0 aliphatic carbocycles. The Balaban J connectivity index is 2.08. The number of aryl methyl sites for hydroxylation is 1. The monoisotopic (exact) mass is 279 g/mol. The van der Waals surface area contributed by atoms with Crippen LogP contribution in [0.4, 0.5) is 5.69 Å². The second-order valence-electron chi connectivity index (χ2n) is 4.64. The van der Waals surface area contributed by atoms with Crippen molar-refractivity contribution in [3.05, 3.63) is 59.4 Å². The number of nitrogens with two attached hydrogens (primary N) is 1. The van der Waals surface area contributed by atoms with Gasteiger partial charge in [-0.05, 0) is 42.8 Å². The van der Waals surface area contributed by atoms with E-state index in [1.165, 1.54) is 0 Å². The summed E-state index contributed by atoms with van der Waals surface area (Å²) in [6, 6.07) is 11.2. The molecule has 1 amide bonds. The first-order valence-electron chi connectivity index (χ1n) is 6.68. The number of nitrogens with zero attached hydrogens (tertiary/aromatic N) is 1. The lowest BCUT2D eigenvalue weighted by atomic mass is 10.1. The lowest BCUT2D eigenvalue weighted by molar-refractivity contribution is -0.115. The van der Waals surface area contributed by atoms with Gasteiger partial charge in [-0.1, -0.05) is 17.9 Å². The van der Waals surface area contributed by atoms with Crippen LogP contribution >= 0.6 is 0 Å². The molecule has 1 aromatic heterocycles. The molecule has 1 aromatic carbocycles. The number of rotatable bonds is 3. The van der Waals surface area contributed by atoms with Crippen LogP contribution in [-0.4, -0.2) is 17.4 Å². The van der Waals surface area contributed by atoms with Crippen LogP contribution in [0, 0.1) is 18.8 Å². The molecule has 0 atom stereocenters. The highest BCUT2D eigenvalue weighted by atomic mass is 16.1. The van der Waals surface area contributed by atoms with Crippen LogP contribution in [0.2, 0.25) is 0 Å². The Kier molecular flexibility index (Phi) is 5.08. The minimum atomic E-state index is -0.1000. The first-order chi connectivity index (χ1) is 10.2. The normalized spacial score (nSPS) is 9.62. The minimum Gasteiger partial charge on any atom is -0.326 e.